The Morgan fingerprint density at radius 1 is 1.00 bits per heavy atom. The highest BCUT2D eigenvalue weighted by molar-refractivity contribution is 7.91. The lowest BCUT2D eigenvalue weighted by Gasteiger charge is -2.25. The summed E-state index contributed by atoms with van der Waals surface area (Å²) < 4.78 is 26.5. The van der Waals surface area contributed by atoms with Crippen molar-refractivity contribution >= 4 is 9.84 Å². The van der Waals surface area contributed by atoms with Gasteiger partial charge in [0.2, 0.25) is 9.84 Å². The van der Waals surface area contributed by atoms with Crippen LogP contribution < -0.4 is 0 Å². The zero-order valence-corrected chi connectivity index (χ0v) is 15.8. The number of hydrogen-bond acceptors (Lipinski definition) is 2. The first-order chi connectivity index (χ1) is 12.5. The number of quaternary nitrogens is 1. The SMILES string of the molecule is C[N+]1(CCC2CCc3cc(S(=O)(=O)c4ccccc4)ccc32)C=CC=C1. The number of aryl methyl sites for hydroxylation is 1. The fraction of sp³-hybridized carbons (Fsp3) is 0.273. The molecule has 1 aliphatic carbocycles. The molecule has 0 spiro atoms. The minimum absolute atomic E-state index is 0.361. The molecule has 26 heavy (non-hydrogen) atoms. The Labute approximate surface area is 155 Å². The van der Waals surface area contributed by atoms with Crippen molar-refractivity contribution < 1.29 is 12.9 Å². The van der Waals surface area contributed by atoms with E-state index < -0.39 is 9.84 Å². The highest BCUT2D eigenvalue weighted by atomic mass is 32.2. The number of nitrogens with zero attached hydrogens (tertiary/aromatic N) is 1. The second kappa shape index (κ2) is 6.53. The van der Waals surface area contributed by atoms with Gasteiger partial charge in [-0.05, 0) is 66.3 Å². The maximum absolute atomic E-state index is 12.8. The smallest absolute Gasteiger partial charge is 0.206 e. The van der Waals surface area contributed by atoms with Gasteiger partial charge in [0.05, 0.1) is 23.4 Å². The molecule has 134 valence electrons. The first-order valence-corrected chi connectivity index (χ1v) is 10.6. The van der Waals surface area contributed by atoms with Crippen LogP contribution in [0.4, 0.5) is 0 Å². The van der Waals surface area contributed by atoms with E-state index in [1.165, 1.54) is 11.1 Å². The zero-order chi connectivity index (χ0) is 18.2. The van der Waals surface area contributed by atoms with Crippen LogP contribution in [-0.2, 0) is 16.3 Å². The van der Waals surface area contributed by atoms with E-state index in [0.717, 1.165) is 30.3 Å². The molecule has 0 fully saturated rings. The van der Waals surface area contributed by atoms with Gasteiger partial charge in [0, 0.05) is 6.42 Å². The Morgan fingerprint density at radius 3 is 2.46 bits per heavy atom. The number of sulfone groups is 1. The number of fused-ring (bicyclic) bond motifs is 1. The molecule has 3 nitrogen and oxygen atoms in total. The molecule has 0 saturated heterocycles. The summed E-state index contributed by atoms with van der Waals surface area (Å²) in [5, 5.41) is 0. The monoisotopic (exact) mass is 366 g/mol. The lowest BCUT2D eigenvalue weighted by Crippen LogP contribution is -2.32. The Kier molecular flexibility index (Phi) is 4.33. The number of rotatable bonds is 5. The molecule has 0 N–H and O–H groups in total. The quantitative estimate of drug-likeness (QED) is 0.734. The standard InChI is InChI=1S/C22H24NO2S/c1-23(14-5-6-15-23)16-13-18-9-10-19-17-21(11-12-22(18)19)26(24,25)20-7-3-2-4-8-20/h2-8,11-12,14-15,17-18H,9-10,13,16H2,1H3/q+1. The van der Waals surface area contributed by atoms with Gasteiger partial charge >= 0.3 is 0 Å². The largest absolute Gasteiger partial charge is 0.273 e. The van der Waals surface area contributed by atoms with Crippen molar-refractivity contribution in [1.82, 2.24) is 0 Å². The average molecular weight is 367 g/mol. The van der Waals surface area contributed by atoms with E-state index in [1.807, 2.05) is 18.2 Å². The fourth-order valence-electron chi connectivity index (χ4n) is 4.01. The van der Waals surface area contributed by atoms with Gasteiger partial charge in [-0.1, -0.05) is 24.3 Å². The second-order valence-corrected chi connectivity index (χ2v) is 9.40. The van der Waals surface area contributed by atoms with E-state index in [2.05, 4.69) is 31.6 Å². The molecule has 4 heteroatoms. The molecule has 0 bridgehead atoms. The van der Waals surface area contributed by atoms with Gasteiger partial charge in [-0.3, -0.25) is 4.48 Å². The summed E-state index contributed by atoms with van der Waals surface area (Å²) in [6.07, 6.45) is 11.8. The predicted octanol–water partition coefficient (Wildman–Crippen LogP) is 4.43. The Morgan fingerprint density at radius 2 is 1.73 bits per heavy atom. The Balaban J connectivity index is 1.55. The van der Waals surface area contributed by atoms with Crippen LogP contribution in [0.2, 0.25) is 0 Å². The van der Waals surface area contributed by atoms with Gasteiger partial charge in [0.25, 0.3) is 0 Å². The summed E-state index contributed by atoms with van der Waals surface area (Å²) in [4.78, 5) is 0.770. The summed E-state index contributed by atoms with van der Waals surface area (Å²) in [5.74, 6) is 0.524. The third-order valence-corrected chi connectivity index (χ3v) is 7.37. The molecule has 0 aromatic heterocycles. The van der Waals surface area contributed by atoms with Crippen LogP contribution in [0.5, 0.6) is 0 Å². The summed E-state index contributed by atoms with van der Waals surface area (Å²) >= 11 is 0. The molecule has 2 aromatic rings. The van der Waals surface area contributed by atoms with Crippen LogP contribution in [0.3, 0.4) is 0 Å². The summed E-state index contributed by atoms with van der Waals surface area (Å²) in [5.41, 5.74) is 2.53. The molecule has 1 aliphatic heterocycles. The molecule has 0 radical (unpaired) electrons. The molecular weight excluding hydrogens is 342 g/mol. The first-order valence-electron chi connectivity index (χ1n) is 9.13. The van der Waals surface area contributed by atoms with Crippen molar-refractivity contribution in [2.45, 2.75) is 35.0 Å². The molecule has 4 rings (SSSR count). The predicted molar refractivity (Wildman–Crippen MR) is 103 cm³/mol. The van der Waals surface area contributed by atoms with Crippen molar-refractivity contribution in [3.63, 3.8) is 0 Å². The van der Waals surface area contributed by atoms with Crippen molar-refractivity contribution in [3.05, 3.63) is 84.2 Å². The van der Waals surface area contributed by atoms with Crippen molar-refractivity contribution in [2.24, 2.45) is 0 Å². The van der Waals surface area contributed by atoms with Gasteiger partial charge in [0.15, 0.2) is 0 Å². The van der Waals surface area contributed by atoms with Crippen LogP contribution in [0.25, 0.3) is 0 Å². The Hall–Kier alpha value is -2.17. The summed E-state index contributed by atoms with van der Waals surface area (Å²) in [6, 6.07) is 14.4. The topological polar surface area (TPSA) is 34.1 Å². The third kappa shape index (κ3) is 3.15. The molecule has 2 aromatic carbocycles. The maximum Gasteiger partial charge on any atom is 0.206 e. The highest BCUT2D eigenvalue weighted by Gasteiger charge is 2.28. The Bertz CT molecular complexity index is 962. The average Bonchev–Trinajstić information content (AvgIpc) is 3.27. The van der Waals surface area contributed by atoms with Gasteiger partial charge in [0.1, 0.15) is 12.4 Å². The molecule has 1 heterocycles. The van der Waals surface area contributed by atoms with Crippen molar-refractivity contribution in [3.8, 4) is 0 Å². The molecular formula is C22H24NO2S+. The van der Waals surface area contributed by atoms with E-state index in [4.69, 9.17) is 0 Å². The van der Waals surface area contributed by atoms with Crippen molar-refractivity contribution in [1.29, 1.82) is 0 Å². The van der Waals surface area contributed by atoms with E-state index in [0.29, 0.717) is 15.7 Å². The molecule has 1 atom stereocenters. The van der Waals surface area contributed by atoms with Crippen LogP contribution in [-0.4, -0.2) is 26.5 Å². The zero-order valence-electron chi connectivity index (χ0n) is 15.0. The van der Waals surface area contributed by atoms with Gasteiger partial charge < -0.3 is 0 Å². The van der Waals surface area contributed by atoms with Gasteiger partial charge in [-0.15, -0.1) is 0 Å². The van der Waals surface area contributed by atoms with Crippen LogP contribution in [0.15, 0.2) is 82.9 Å². The molecule has 2 aliphatic rings. The summed E-state index contributed by atoms with van der Waals surface area (Å²) in [7, 11) is -1.22. The minimum atomic E-state index is -3.43. The highest BCUT2D eigenvalue weighted by Crippen LogP contribution is 2.38. The fourth-order valence-corrected chi connectivity index (χ4v) is 5.34. The van der Waals surface area contributed by atoms with E-state index in [1.54, 1.807) is 30.3 Å². The second-order valence-electron chi connectivity index (χ2n) is 7.45. The summed E-state index contributed by atoms with van der Waals surface area (Å²) in [6.45, 7) is 1.07. The maximum atomic E-state index is 12.8. The van der Waals surface area contributed by atoms with Crippen LogP contribution >= 0.6 is 0 Å². The van der Waals surface area contributed by atoms with Gasteiger partial charge in [-0.25, -0.2) is 8.42 Å². The van der Waals surface area contributed by atoms with E-state index in [-0.39, 0.29) is 0 Å². The van der Waals surface area contributed by atoms with E-state index >= 15 is 0 Å². The number of allylic oxidation sites excluding steroid dienone is 2. The number of benzene rings is 2. The van der Waals surface area contributed by atoms with Crippen LogP contribution in [0, 0.1) is 0 Å². The van der Waals surface area contributed by atoms with Crippen molar-refractivity contribution in [2.75, 3.05) is 13.6 Å². The van der Waals surface area contributed by atoms with Gasteiger partial charge in [-0.2, -0.15) is 0 Å². The van der Waals surface area contributed by atoms with E-state index in [9.17, 15) is 8.42 Å². The normalized spacial score (nSPS) is 20.4. The lowest BCUT2D eigenvalue weighted by molar-refractivity contribution is -0.804. The third-order valence-electron chi connectivity index (χ3n) is 5.60. The minimum Gasteiger partial charge on any atom is -0.273 e. The first kappa shape index (κ1) is 17.3. The molecule has 0 saturated carbocycles. The number of hydrogen-bond donors (Lipinski definition) is 0. The molecule has 0 amide bonds. The molecule has 1 unspecified atom stereocenters. The lowest BCUT2D eigenvalue weighted by atomic mass is 9.97. The van der Waals surface area contributed by atoms with Crippen LogP contribution in [0.1, 0.15) is 29.9 Å².